The fraction of sp³-hybridized carbons (Fsp3) is 0.538. The van der Waals surface area contributed by atoms with Crippen molar-refractivity contribution in [1.82, 2.24) is 5.32 Å². The molecule has 1 aromatic rings. The number of aryl methyl sites for hydroxylation is 1. The third-order valence-electron chi connectivity index (χ3n) is 3.02. The van der Waals surface area contributed by atoms with Gasteiger partial charge in [0.15, 0.2) is 0 Å². The summed E-state index contributed by atoms with van der Waals surface area (Å²) >= 11 is 0. The van der Waals surface area contributed by atoms with Gasteiger partial charge in [0.2, 0.25) is 0 Å². The second-order valence-corrected chi connectivity index (χ2v) is 4.21. The van der Waals surface area contributed by atoms with Crippen molar-refractivity contribution in [2.24, 2.45) is 0 Å². The van der Waals surface area contributed by atoms with E-state index in [1.807, 2.05) is 13.0 Å². The highest BCUT2D eigenvalue weighted by molar-refractivity contribution is 5.28. The summed E-state index contributed by atoms with van der Waals surface area (Å²) in [6.07, 6.45) is 3.07. The molecule has 1 aliphatic rings. The minimum atomic E-state index is -0.167. The van der Waals surface area contributed by atoms with Gasteiger partial charge in [0.1, 0.15) is 18.2 Å². The number of nitrogens with one attached hydrogen (secondary N) is 1. The normalized spacial score (nSPS) is 20.0. The van der Waals surface area contributed by atoms with Gasteiger partial charge in [-0.25, -0.2) is 4.39 Å². The van der Waals surface area contributed by atoms with Gasteiger partial charge in [-0.15, -0.1) is 0 Å². The summed E-state index contributed by atoms with van der Waals surface area (Å²) in [6, 6.07) is 5.55. The number of hydrogen-bond acceptors (Lipinski definition) is 2. The van der Waals surface area contributed by atoms with Gasteiger partial charge >= 0.3 is 0 Å². The Morgan fingerprint density at radius 2 is 2.38 bits per heavy atom. The van der Waals surface area contributed by atoms with Gasteiger partial charge < -0.3 is 10.1 Å². The van der Waals surface area contributed by atoms with Crippen LogP contribution in [0, 0.1) is 5.82 Å². The topological polar surface area (TPSA) is 21.3 Å². The van der Waals surface area contributed by atoms with Gasteiger partial charge in [0, 0.05) is 12.1 Å². The van der Waals surface area contributed by atoms with Crippen LogP contribution in [0.1, 0.15) is 25.3 Å². The first-order chi connectivity index (χ1) is 7.79. The summed E-state index contributed by atoms with van der Waals surface area (Å²) in [7, 11) is 0. The molecule has 88 valence electrons. The fourth-order valence-electron chi connectivity index (χ4n) is 2.00. The Labute approximate surface area is 95.8 Å². The Kier molecular flexibility index (Phi) is 3.78. The Balaban J connectivity index is 1.91. The lowest BCUT2D eigenvalue weighted by Gasteiger charge is -2.12. The summed E-state index contributed by atoms with van der Waals surface area (Å²) in [6.45, 7) is 3.64. The summed E-state index contributed by atoms with van der Waals surface area (Å²) in [5, 5.41) is 3.35. The number of benzene rings is 1. The lowest BCUT2D eigenvalue weighted by Crippen LogP contribution is -2.28. The van der Waals surface area contributed by atoms with Gasteiger partial charge in [-0.1, -0.05) is 13.0 Å². The van der Waals surface area contributed by atoms with E-state index in [1.54, 1.807) is 6.07 Å². The Hall–Kier alpha value is -1.09. The second-order valence-electron chi connectivity index (χ2n) is 4.21. The van der Waals surface area contributed by atoms with Gasteiger partial charge in [-0.05, 0) is 37.4 Å². The van der Waals surface area contributed by atoms with Crippen LogP contribution in [-0.2, 0) is 6.42 Å². The molecule has 0 bridgehead atoms. The number of rotatable bonds is 4. The van der Waals surface area contributed by atoms with E-state index >= 15 is 0 Å². The van der Waals surface area contributed by atoms with Crippen molar-refractivity contribution in [3.8, 4) is 5.75 Å². The molecule has 1 saturated heterocycles. The van der Waals surface area contributed by atoms with E-state index in [-0.39, 0.29) is 5.82 Å². The summed E-state index contributed by atoms with van der Waals surface area (Å²) in [5.74, 6) is 0.461. The predicted molar refractivity (Wildman–Crippen MR) is 62.3 cm³/mol. The molecule has 1 aromatic carbocycles. The highest BCUT2D eigenvalue weighted by Gasteiger charge is 2.14. The zero-order chi connectivity index (χ0) is 11.4. The molecule has 1 fully saturated rings. The molecular weight excluding hydrogens is 205 g/mol. The van der Waals surface area contributed by atoms with Gasteiger partial charge in [0.25, 0.3) is 0 Å². The Morgan fingerprint density at radius 1 is 1.50 bits per heavy atom. The van der Waals surface area contributed by atoms with Crippen LogP contribution in [-0.4, -0.2) is 19.2 Å². The van der Waals surface area contributed by atoms with E-state index < -0.39 is 0 Å². The smallest absolute Gasteiger partial charge is 0.130 e. The fourth-order valence-corrected chi connectivity index (χ4v) is 2.00. The second kappa shape index (κ2) is 5.30. The minimum Gasteiger partial charge on any atom is -0.492 e. The van der Waals surface area contributed by atoms with Crippen molar-refractivity contribution in [3.05, 3.63) is 29.6 Å². The lowest BCUT2D eigenvalue weighted by molar-refractivity contribution is 0.276. The summed E-state index contributed by atoms with van der Waals surface area (Å²) in [5.41, 5.74) is 0.742. The first-order valence-electron chi connectivity index (χ1n) is 5.94. The van der Waals surface area contributed by atoms with Crippen molar-refractivity contribution >= 4 is 0 Å². The number of halogens is 1. The van der Waals surface area contributed by atoms with Crippen LogP contribution in [0.5, 0.6) is 5.75 Å². The highest BCUT2D eigenvalue weighted by atomic mass is 19.1. The van der Waals surface area contributed by atoms with Gasteiger partial charge in [-0.3, -0.25) is 0 Å². The molecule has 2 nitrogen and oxygen atoms in total. The maximum atomic E-state index is 13.5. The predicted octanol–water partition coefficient (Wildman–Crippen LogP) is 2.52. The van der Waals surface area contributed by atoms with Crippen LogP contribution in [0.25, 0.3) is 0 Å². The van der Waals surface area contributed by atoms with Gasteiger partial charge in [0.05, 0.1) is 0 Å². The zero-order valence-corrected chi connectivity index (χ0v) is 9.63. The van der Waals surface area contributed by atoms with Crippen molar-refractivity contribution in [2.45, 2.75) is 32.2 Å². The average Bonchev–Trinajstić information content (AvgIpc) is 2.79. The molecule has 0 saturated carbocycles. The molecule has 0 aromatic heterocycles. The molecular formula is C13H18FNO. The molecule has 1 atom stereocenters. The molecule has 1 N–H and O–H groups in total. The van der Waals surface area contributed by atoms with E-state index in [0.29, 0.717) is 18.4 Å². The van der Waals surface area contributed by atoms with Crippen LogP contribution in [0.3, 0.4) is 0 Å². The maximum absolute atomic E-state index is 13.5. The molecule has 0 radical (unpaired) electrons. The van der Waals surface area contributed by atoms with Crippen LogP contribution in [0.4, 0.5) is 4.39 Å². The number of ether oxygens (including phenoxy) is 1. The van der Waals surface area contributed by atoms with Gasteiger partial charge in [-0.2, -0.15) is 0 Å². The Morgan fingerprint density at radius 3 is 3.00 bits per heavy atom. The third-order valence-corrected chi connectivity index (χ3v) is 3.02. The average molecular weight is 223 g/mol. The molecule has 1 heterocycles. The largest absolute Gasteiger partial charge is 0.492 e. The summed E-state index contributed by atoms with van der Waals surface area (Å²) in [4.78, 5) is 0. The summed E-state index contributed by atoms with van der Waals surface area (Å²) < 4.78 is 19.0. The molecule has 0 spiro atoms. The van der Waals surface area contributed by atoms with Crippen molar-refractivity contribution in [1.29, 1.82) is 0 Å². The van der Waals surface area contributed by atoms with E-state index in [0.717, 1.165) is 24.9 Å². The van der Waals surface area contributed by atoms with E-state index in [9.17, 15) is 4.39 Å². The monoisotopic (exact) mass is 223 g/mol. The molecule has 16 heavy (non-hydrogen) atoms. The first kappa shape index (κ1) is 11.4. The van der Waals surface area contributed by atoms with E-state index in [1.165, 1.54) is 12.5 Å². The zero-order valence-electron chi connectivity index (χ0n) is 9.63. The Bertz CT molecular complexity index is 348. The van der Waals surface area contributed by atoms with Crippen molar-refractivity contribution < 1.29 is 9.13 Å². The maximum Gasteiger partial charge on any atom is 0.130 e. The molecule has 3 heteroatoms. The van der Waals surface area contributed by atoms with Crippen LogP contribution in [0.15, 0.2) is 18.2 Å². The standard InChI is InChI=1S/C13H18FNO/c1-2-10-5-6-12(8-13(10)14)16-9-11-4-3-7-15-11/h5-6,8,11,15H,2-4,7,9H2,1H3/t11-/m1/s1. The third kappa shape index (κ3) is 2.73. The molecule has 0 aliphatic carbocycles. The highest BCUT2D eigenvalue weighted by Crippen LogP contribution is 2.18. The molecule has 1 aliphatic heterocycles. The van der Waals surface area contributed by atoms with Crippen molar-refractivity contribution in [3.63, 3.8) is 0 Å². The minimum absolute atomic E-state index is 0.167. The van der Waals surface area contributed by atoms with Crippen LogP contribution < -0.4 is 10.1 Å². The molecule has 0 unspecified atom stereocenters. The van der Waals surface area contributed by atoms with E-state index in [2.05, 4.69) is 5.32 Å². The lowest BCUT2D eigenvalue weighted by atomic mass is 10.1. The first-order valence-corrected chi connectivity index (χ1v) is 5.94. The molecule has 2 rings (SSSR count). The van der Waals surface area contributed by atoms with E-state index in [4.69, 9.17) is 4.74 Å². The molecule has 0 amide bonds. The quantitative estimate of drug-likeness (QED) is 0.847. The van der Waals surface area contributed by atoms with Crippen molar-refractivity contribution in [2.75, 3.05) is 13.2 Å². The van der Waals surface area contributed by atoms with Crippen LogP contribution in [0.2, 0.25) is 0 Å². The number of hydrogen-bond donors (Lipinski definition) is 1. The SMILES string of the molecule is CCc1ccc(OC[C@H]2CCCN2)cc1F. The van der Waals surface area contributed by atoms with Crippen LogP contribution >= 0.6 is 0 Å².